The van der Waals surface area contributed by atoms with Gasteiger partial charge in [0.25, 0.3) is 5.91 Å². The first-order valence-electron chi connectivity index (χ1n) is 8.37. The summed E-state index contributed by atoms with van der Waals surface area (Å²) < 4.78 is 0. The van der Waals surface area contributed by atoms with Gasteiger partial charge in [0.1, 0.15) is 0 Å². The molecule has 0 spiro atoms. The van der Waals surface area contributed by atoms with Crippen molar-refractivity contribution in [2.75, 3.05) is 13.1 Å². The van der Waals surface area contributed by atoms with E-state index in [0.717, 1.165) is 6.42 Å². The van der Waals surface area contributed by atoms with Crippen molar-refractivity contribution in [3.05, 3.63) is 34.9 Å². The van der Waals surface area contributed by atoms with Crippen molar-refractivity contribution in [1.82, 2.24) is 10.2 Å². The number of carbonyl (C=O) groups excluding carboxylic acids is 2. The fourth-order valence-electron chi connectivity index (χ4n) is 2.83. The van der Waals surface area contributed by atoms with Crippen molar-refractivity contribution < 1.29 is 19.5 Å². The van der Waals surface area contributed by atoms with Crippen molar-refractivity contribution in [1.29, 1.82) is 0 Å². The Hall–Kier alpha value is -2.08. The van der Waals surface area contributed by atoms with Gasteiger partial charge in [-0.15, -0.1) is 0 Å². The van der Waals surface area contributed by atoms with Gasteiger partial charge in [-0.05, 0) is 51.0 Å². The normalized spacial score (nSPS) is 19.8. The molecule has 1 aromatic carbocycles. The first kappa shape index (κ1) is 19.2. The average molecular weight is 367 g/mol. The lowest BCUT2D eigenvalue weighted by Gasteiger charge is -2.33. The summed E-state index contributed by atoms with van der Waals surface area (Å²) in [6.45, 7) is 4.18. The molecule has 6 nitrogen and oxygen atoms in total. The van der Waals surface area contributed by atoms with Gasteiger partial charge in [-0.25, -0.2) is 0 Å². The fraction of sp³-hybridized carbons (Fsp3) is 0.500. The van der Waals surface area contributed by atoms with E-state index in [9.17, 15) is 14.4 Å². The molecule has 0 saturated carbocycles. The predicted molar refractivity (Wildman–Crippen MR) is 94.5 cm³/mol. The monoisotopic (exact) mass is 366 g/mol. The maximum absolute atomic E-state index is 12.6. The van der Waals surface area contributed by atoms with Crippen LogP contribution in [0.5, 0.6) is 0 Å². The molecule has 7 heteroatoms. The van der Waals surface area contributed by atoms with Gasteiger partial charge in [0.15, 0.2) is 0 Å². The molecule has 1 aliphatic heterocycles. The summed E-state index contributed by atoms with van der Waals surface area (Å²) in [5.41, 5.74) is 0.540. The smallest absolute Gasteiger partial charge is 0.308 e. The van der Waals surface area contributed by atoms with Crippen LogP contribution in [0.1, 0.15) is 37.0 Å². The molecule has 0 bridgehead atoms. The molecule has 25 heavy (non-hydrogen) atoms. The van der Waals surface area contributed by atoms with Crippen molar-refractivity contribution in [3.63, 3.8) is 0 Å². The number of nitrogens with zero attached hydrogens (tertiary/aromatic N) is 1. The van der Waals surface area contributed by atoms with E-state index in [1.807, 2.05) is 0 Å². The molecular weight excluding hydrogens is 344 g/mol. The van der Waals surface area contributed by atoms with Crippen molar-refractivity contribution >= 4 is 29.4 Å². The van der Waals surface area contributed by atoms with Crippen LogP contribution in [-0.4, -0.2) is 46.9 Å². The molecule has 1 fully saturated rings. The number of nitrogens with one attached hydrogen (secondary N) is 1. The maximum Gasteiger partial charge on any atom is 0.308 e. The van der Waals surface area contributed by atoms with Gasteiger partial charge in [-0.3, -0.25) is 14.4 Å². The van der Waals surface area contributed by atoms with Crippen LogP contribution in [0.3, 0.4) is 0 Å². The maximum atomic E-state index is 12.6. The molecule has 136 valence electrons. The largest absolute Gasteiger partial charge is 0.481 e. The summed E-state index contributed by atoms with van der Waals surface area (Å²) in [7, 11) is 0. The molecule has 0 aliphatic carbocycles. The Kier molecular flexibility index (Phi) is 6.42. The first-order chi connectivity index (χ1) is 11.8. The highest BCUT2D eigenvalue weighted by molar-refractivity contribution is 6.30. The third-order valence-corrected chi connectivity index (χ3v) is 4.93. The molecule has 1 aliphatic rings. The highest BCUT2D eigenvalue weighted by Gasteiger charge is 2.31. The number of carboxylic acid groups (broad SMARTS) is 1. The van der Waals surface area contributed by atoms with Gasteiger partial charge >= 0.3 is 5.97 Å². The zero-order valence-corrected chi connectivity index (χ0v) is 15.1. The summed E-state index contributed by atoms with van der Waals surface area (Å²) in [5.74, 6) is -2.26. The van der Waals surface area contributed by atoms with E-state index < -0.39 is 17.9 Å². The molecule has 2 rings (SSSR count). The fourth-order valence-corrected chi connectivity index (χ4v) is 2.96. The zero-order valence-electron chi connectivity index (χ0n) is 14.4. The third-order valence-electron chi connectivity index (χ3n) is 4.68. The molecule has 3 atom stereocenters. The number of carbonyl (C=O) groups is 3. The number of aliphatic carboxylic acids is 1. The van der Waals surface area contributed by atoms with Crippen LogP contribution in [0.15, 0.2) is 24.3 Å². The Bertz CT molecular complexity index is 647. The van der Waals surface area contributed by atoms with Crippen LogP contribution >= 0.6 is 11.6 Å². The molecule has 2 amide bonds. The number of carboxylic acids is 1. The van der Waals surface area contributed by atoms with Crippen LogP contribution in [0.2, 0.25) is 5.02 Å². The Morgan fingerprint density at radius 1 is 1.24 bits per heavy atom. The van der Waals surface area contributed by atoms with E-state index in [4.69, 9.17) is 16.7 Å². The second-order valence-electron chi connectivity index (χ2n) is 6.52. The Labute approximate surface area is 152 Å². The lowest BCUT2D eigenvalue weighted by molar-refractivity contribution is -0.142. The van der Waals surface area contributed by atoms with Crippen LogP contribution in [0.4, 0.5) is 0 Å². The SMILES string of the molecule is CC(NC(=O)C1CCCN(C(=O)c2ccc(Cl)cc2)C1)C(C)C(=O)O. The van der Waals surface area contributed by atoms with E-state index >= 15 is 0 Å². The second-order valence-corrected chi connectivity index (χ2v) is 6.96. The third kappa shape index (κ3) is 4.95. The van der Waals surface area contributed by atoms with Crippen molar-refractivity contribution in [3.8, 4) is 0 Å². The Balaban J connectivity index is 1.97. The first-order valence-corrected chi connectivity index (χ1v) is 8.75. The van der Waals surface area contributed by atoms with Crippen molar-refractivity contribution in [2.45, 2.75) is 32.7 Å². The van der Waals surface area contributed by atoms with E-state index in [2.05, 4.69) is 5.32 Å². The van der Waals surface area contributed by atoms with E-state index in [0.29, 0.717) is 30.1 Å². The minimum Gasteiger partial charge on any atom is -0.481 e. The van der Waals surface area contributed by atoms with Crippen LogP contribution in [-0.2, 0) is 9.59 Å². The summed E-state index contributed by atoms with van der Waals surface area (Å²) in [4.78, 5) is 37.7. The zero-order chi connectivity index (χ0) is 18.6. The number of hydrogen-bond acceptors (Lipinski definition) is 3. The molecule has 1 heterocycles. The highest BCUT2D eigenvalue weighted by atomic mass is 35.5. The summed E-state index contributed by atoms with van der Waals surface area (Å²) in [6.07, 6.45) is 1.42. The Morgan fingerprint density at radius 3 is 2.48 bits per heavy atom. The van der Waals surface area contributed by atoms with E-state index in [1.165, 1.54) is 0 Å². The molecule has 2 N–H and O–H groups in total. The second kappa shape index (κ2) is 8.34. The van der Waals surface area contributed by atoms with Gasteiger partial charge in [0, 0.05) is 29.7 Å². The number of amides is 2. The highest BCUT2D eigenvalue weighted by Crippen LogP contribution is 2.20. The minimum absolute atomic E-state index is 0.124. The number of likely N-dealkylation sites (tertiary alicyclic amines) is 1. The van der Waals surface area contributed by atoms with Gasteiger partial charge in [0.05, 0.1) is 11.8 Å². The number of halogens is 1. The van der Waals surface area contributed by atoms with Crippen LogP contribution < -0.4 is 5.32 Å². The van der Waals surface area contributed by atoms with Gasteiger partial charge < -0.3 is 15.3 Å². The molecule has 1 aromatic rings. The minimum atomic E-state index is -0.948. The molecule has 0 radical (unpaired) electrons. The summed E-state index contributed by atoms with van der Waals surface area (Å²) >= 11 is 5.84. The van der Waals surface area contributed by atoms with E-state index in [-0.39, 0.29) is 17.7 Å². The summed E-state index contributed by atoms with van der Waals surface area (Å²) in [6, 6.07) is 6.21. The number of hydrogen-bond donors (Lipinski definition) is 2. The lowest BCUT2D eigenvalue weighted by atomic mass is 9.95. The van der Waals surface area contributed by atoms with Gasteiger partial charge in [-0.2, -0.15) is 0 Å². The van der Waals surface area contributed by atoms with Crippen LogP contribution in [0, 0.1) is 11.8 Å². The average Bonchev–Trinajstić information content (AvgIpc) is 2.61. The van der Waals surface area contributed by atoms with Crippen molar-refractivity contribution in [2.24, 2.45) is 11.8 Å². The number of piperidine rings is 1. The van der Waals surface area contributed by atoms with Gasteiger partial charge in [0.2, 0.25) is 5.91 Å². The number of rotatable bonds is 5. The molecular formula is C18H23ClN2O4. The van der Waals surface area contributed by atoms with Gasteiger partial charge in [-0.1, -0.05) is 11.6 Å². The van der Waals surface area contributed by atoms with E-state index in [1.54, 1.807) is 43.0 Å². The van der Waals surface area contributed by atoms with Crippen LogP contribution in [0.25, 0.3) is 0 Å². The molecule has 0 aromatic heterocycles. The standard InChI is InChI=1S/C18H23ClN2O4/c1-11(18(24)25)12(2)20-16(22)14-4-3-9-21(10-14)17(23)13-5-7-15(19)8-6-13/h5-8,11-12,14H,3-4,9-10H2,1-2H3,(H,20,22)(H,24,25). The topological polar surface area (TPSA) is 86.7 Å². The predicted octanol–water partition coefficient (Wildman–Crippen LogP) is 2.42. The molecule has 3 unspecified atom stereocenters. The lowest BCUT2D eigenvalue weighted by Crippen LogP contribution is -2.48. The Morgan fingerprint density at radius 2 is 1.88 bits per heavy atom. The summed E-state index contributed by atoms with van der Waals surface area (Å²) in [5, 5.41) is 12.3. The quantitative estimate of drug-likeness (QED) is 0.837. The molecule has 1 saturated heterocycles. The number of benzene rings is 1.